The van der Waals surface area contributed by atoms with Crippen molar-refractivity contribution >= 4 is 0 Å². The molecule has 0 bridgehead atoms. The van der Waals surface area contributed by atoms with Crippen LogP contribution in [0.25, 0.3) is 0 Å². The molecule has 0 fully saturated rings. The van der Waals surface area contributed by atoms with Crippen molar-refractivity contribution in [2.75, 3.05) is 39.5 Å². The Labute approximate surface area is 381 Å². The summed E-state index contributed by atoms with van der Waals surface area (Å²) < 4.78 is 21.1. The van der Waals surface area contributed by atoms with E-state index in [1.54, 1.807) is 0 Å². The molecule has 0 saturated heterocycles. The van der Waals surface area contributed by atoms with Gasteiger partial charge in [0.25, 0.3) is 0 Å². The summed E-state index contributed by atoms with van der Waals surface area (Å²) in [5.74, 6) is 2.64. The molecule has 0 aliphatic carbocycles. The maximum Gasteiger partial charge on any atom is 0.203 e. The molecular weight excluding hydrogens is 747 g/mol. The smallest absolute Gasteiger partial charge is 0.203 e. The van der Waals surface area contributed by atoms with Crippen LogP contribution in [-0.2, 0) is 6.54 Å². The van der Waals surface area contributed by atoms with Crippen LogP contribution in [0, 0.1) is 0 Å². The molecule has 0 atom stereocenters. The topological polar surface area (TPSA) is 27.7 Å². The van der Waals surface area contributed by atoms with Crippen molar-refractivity contribution in [2.24, 2.45) is 0 Å². The second-order valence-electron chi connectivity index (χ2n) is 18.1. The van der Waals surface area contributed by atoms with Crippen LogP contribution >= 0.6 is 0 Å². The van der Waals surface area contributed by atoms with Crippen molar-refractivity contribution in [2.45, 2.75) is 240 Å². The molecule has 1 aromatic carbocycles. The summed E-state index contributed by atoms with van der Waals surface area (Å²) >= 11 is 0. The molecular formula is C57H102NO3+. The van der Waals surface area contributed by atoms with E-state index >= 15 is 0 Å². The average Bonchev–Trinajstić information content (AvgIpc) is 3.28. The van der Waals surface area contributed by atoms with E-state index < -0.39 is 0 Å². The fraction of sp³-hybridized carbons (Fsp3) is 0.754. The Balaban J connectivity index is 2.78. The van der Waals surface area contributed by atoms with E-state index in [0.717, 1.165) is 87.0 Å². The summed E-state index contributed by atoms with van der Waals surface area (Å²) in [6.07, 6.45) is 54.1. The minimum absolute atomic E-state index is 0.722. The van der Waals surface area contributed by atoms with E-state index in [1.165, 1.54) is 192 Å². The Kier molecular flexibility index (Phi) is 39.7. The Morgan fingerprint density at radius 1 is 0.410 bits per heavy atom. The van der Waals surface area contributed by atoms with E-state index in [9.17, 15) is 0 Å². The zero-order chi connectivity index (χ0) is 44.2. The maximum absolute atomic E-state index is 6.69. The lowest BCUT2D eigenvalue weighted by Gasteiger charge is -2.36. The first-order chi connectivity index (χ1) is 30.1. The van der Waals surface area contributed by atoms with Gasteiger partial charge in [-0.1, -0.05) is 217 Å². The van der Waals surface area contributed by atoms with Gasteiger partial charge >= 0.3 is 0 Å². The lowest BCUT2D eigenvalue weighted by atomic mass is 10.1. The van der Waals surface area contributed by atoms with Gasteiger partial charge in [-0.2, -0.15) is 0 Å². The highest BCUT2D eigenvalue weighted by Gasteiger charge is 2.24. The third-order valence-corrected chi connectivity index (χ3v) is 12.9. The van der Waals surface area contributed by atoms with E-state index in [0.29, 0.717) is 0 Å². The number of unbranched alkanes of at least 4 members (excludes halogenated alkanes) is 29. The molecule has 61 heavy (non-hydrogen) atoms. The molecule has 1 aromatic rings. The van der Waals surface area contributed by atoms with Crippen LogP contribution < -0.4 is 14.2 Å². The van der Waals surface area contributed by atoms with Gasteiger partial charge in [0, 0.05) is 5.56 Å². The van der Waals surface area contributed by atoms with Gasteiger partial charge in [0.05, 0.1) is 39.5 Å². The van der Waals surface area contributed by atoms with Crippen LogP contribution in [0.15, 0.2) is 61.7 Å². The molecule has 0 heterocycles. The van der Waals surface area contributed by atoms with Gasteiger partial charge in [-0.3, -0.25) is 0 Å². The van der Waals surface area contributed by atoms with Gasteiger partial charge in [0.2, 0.25) is 5.75 Å². The van der Waals surface area contributed by atoms with Crippen LogP contribution in [0.3, 0.4) is 0 Å². The Hall–Kier alpha value is -2.46. The molecule has 0 aliphatic heterocycles. The summed E-state index contributed by atoms with van der Waals surface area (Å²) in [5.41, 5.74) is 1.31. The monoisotopic (exact) mass is 849 g/mol. The van der Waals surface area contributed by atoms with Crippen molar-refractivity contribution < 1.29 is 18.7 Å². The highest BCUT2D eigenvalue weighted by atomic mass is 16.5. The third-order valence-electron chi connectivity index (χ3n) is 12.9. The van der Waals surface area contributed by atoms with Crippen molar-refractivity contribution in [3.05, 3.63) is 67.3 Å². The van der Waals surface area contributed by atoms with Crippen molar-refractivity contribution in [3.63, 3.8) is 0 Å². The maximum atomic E-state index is 6.69. The van der Waals surface area contributed by atoms with Crippen LogP contribution in [0.1, 0.15) is 239 Å². The second-order valence-corrected chi connectivity index (χ2v) is 18.1. The highest BCUT2D eigenvalue weighted by molar-refractivity contribution is 5.54. The lowest BCUT2D eigenvalue weighted by molar-refractivity contribution is -0.936. The SMILES string of the molecule is C=C/C=C/CCCCCCCCCCCCOc1cc(C[N+](CC)(CC)CC)cc(OCCCCCCCCCCCC/C=C/C=C)c1OCCCCCCCCCCCC. The highest BCUT2D eigenvalue weighted by Crippen LogP contribution is 2.40. The molecule has 352 valence electrons. The number of rotatable bonds is 47. The number of quaternary nitrogens is 1. The summed E-state index contributed by atoms with van der Waals surface area (Å²) in [4.78, 5) is 0. The molecule has 0 radical (unpaired) electrons. The molecule has 0 spiro atoms. The normalized spacial score (nSPS) is 11.9. The Morgan fingerprint density at radius 2 is 0.721 bits per heavy atom. The minimum atomic E-state index is 0.722. The molecule has 0 amide bonds. The molecule has 1 rings (SSSR count). The number of benzene rings is 1. The summed E-state index contributed by atoms with van der Waals surface area (Å²) in [6, 6.07) is 4.59. The fourth-order valence-corrected chi connectivity index (χ4v) is 8.54. The van der Waals surface area contributed by atoms with Crippen LogP contribution in [0.2, 0.25) is 0 Å². The largest absolute Gasteiger partial charge is 0.490 e. The first-order valence-electron chi connectivity index (χ1n) is 26.5. The molecule has 0 aliphatic rings. The fourth-order valence-electron chi connectivity index (χ4n) is 8.54. The van der Waals surface area contributed by atoms with Crippen LogP contribution in [0.4, 0.5) is 0 Å². The number of ether oxygens (including phenoxy) is 3. The average molecular weight is 849 g/mol. The van der Waals surface area contributed by atoms with Crippen molar-refractivity contribution in [1.29, 1.82) is 0 Å². The van der Waals surface area contributed by atoms with Gasteiger partial charge in [-0.05, 0) is 77.8 Å². The predicted octanol–water partition coefficient (Wildman–Crippen LogP) is 18.2. The molecule has 0 N–H and O–H groups in total. The van der Waals surface area contributed by atoms with Crippen molar-refractivity contribution in [3.8, 4) is 17.2 Å². The molecule has 0 unspecified atom stereocenters. The van der Waals surface area contributed by atoms with Crippen LogP contribution in [0.5, 0.6) is 17.2 Å². The summed E-state index contributed by atoms with van der Waals surface area (Å²) in [7, 11) is 0. The van der Waals surface area contributed by atoms with Crippen molar-refractivity contribution in [1.82, 2.24) is 0 Å². The zero-order valence-electron chi connectivity index (χ0n) is 41.3. The van der Waals surface area contributed by atoms with Gasteiger partial charge in [-0.25, -0.2) is 0 Å². The molecule has 0 aromatic heterocycles. The van der Waals surface area contributed by atoms with E-state index in [-0.39, 0.29) is 0 Å². The van der Waals surface area contributed by atoms with Gasteiger partial charge < -0.3 is 18.7 Å². The quantitative estimate of drug-likeness (QED) is 0.0371. The van der Waals surface area contributed by atoms with Gasteiger partial charge in [0.15, 0.2) is 11.5 Å². The molecule has 4 nitrogen and oxygen atoms in total. The van der Waals surface area contributed by atoms with E-state index in [4.69, 9.17) is 14.2 Å². The Morgan fingerprint density at radius 3 is 1.05 bits per heavy atom. The third kappa shape index (κ3) is 31.9. The summed E-state index contributed by atoms with van der Waals surface area (Å²) in [6.45, 7) is 23.4. The predicted molar refractivity (Wildman–Crippen MR) is 271 cm³/mol. The van der Waals surface area contributed by atoms with Gasteiger partial charge in [0.1, 0.15) is 6.54 Å². The number of hydrogen-bond acceptors (Lipinski definition) is 3. The first kappa shape index (κ1) is 56.6. The number of nitrogens with zero attached hydrogens (tertiary/aromatic N) is 1. The molecule has 0 saturated carbocycles. The lowest BCUT2D eigenvalue weighted by Crippen LogP contribution is -2.46. The van der Waals surface area contributed by atoms with E-state index in [1.807, 2.05) is 12.2 Å². The van der Waals surface area contributed by atoms with Crippen LogP contribution in [-0.4, -0.2) is 43.9 Å². The van der Waals surface area contributed by atoms with E-state index in [2.05, 4.69) is 77.3 Å². The first-order valence-corrected chi connectivity index (χ1v) is 26.5. The zero-order valence-corrected chi connectivity index (χ0v) is 41.3. The summed E-state index contributed by atoms with van der Waals surface area (Å²) in [5, 5.41) is 0. The number of allylic oxidation sites excluding steroid dienone is 6. The minimum Gasteiger partial charge on any atom is -0.490 e. The second kappa shape index (κ2) is 42.8. The standard InChI is InChI=1S/C57H102NO3/c1-7-13-16-19-22-25-28-30-32-34-37-39-42-45-48-59-55-51-54(53-58(10-4,11-5)12-6)52-56(57(55)61-50-47-44-41-36-27-24-21-18-15-9-3)60-49-46-43-40-38-35-33-31-29-26-23-20-17-14-8-2/h7-8,13-14,16-17,51-52H,1-2,9-12,15,18-50,53H2,3-6H3/q+1/b16-13+,17-14+. The van der Waals surface area contributed by atoms with Gasteiger partial charge in [-0.15, -0.1) is 0 Å². The Bertz CT molecular complexity index is 1110. The number of hydrogen-bond donors (Lipinski definition) is 0. The molecule has 4 heteroatoms.